The highest BCUT2D eigenvalue weighted by Gasteiger charge is 2.27. The van der Waals surface area contributed by atoms with Gasteiger partial charge in [-0.3, -0.25) is 15.6 Å². The smallest absolute Gasteiger partial charge is 0.283 e. The van der Waals surface area contributed by atoms with Crippen LogP contribution in [0.4, 0.5) is 5.95 Å². The molecule has 7 heteroatoms. The summed E-state index contributed by atoms with van der Waals surface area (Å²) in [5, 5.41) is 0. The van der Waals surface area contributed by atoms with Crippen molar-refractivity contribution in [2.45, 2.75) is 20.0 Å². The predicted octanol–water partition coefficient (Wildman–Crippen LogP) is 1.38. The maximum atomic E-state index is 12.1. The number of hydrogen-bond donors (Lipinski definition) is 2. The van der Waals surface area contributed by atoms with Gasteiger partial charge in [0, 0.05) is 11.4 Å². The first-order valence-corrected chi connectivity index (χ1v) is 6.88. The SMILES string of the molecule is Cc1cc(C)nc(NNC(=O)[C@H]2COc3ccccc3O2)n1. The second-order valence-electron chi connectivity index (χ2n) is 4.95. The molecule has 1 aromatic heterocycles. The number of aromatic nitrogens is 2. The maximum absolute atomic E-state index is 12.1. The Labute approximate surface area is 127 Å². The molecule has 1 aliphatic heterocycles. The van der Waals surface area contributed by atoms with Crippen LogP contribution in [0.5, 0.6) is 11.5 Å². The molecular formula is C15H16N4O3. The van der Waals surface area contributed by atoms with Gasteiger partial charge >= 0.3 is 0 Å². The minimum Gasteiger partial charge on any atom is -0.485 e. The third-order valence-electron chi connectivity index (χ3n) is 3.08. The molecule has 1 aromatic carbocycles. The molecule has 0 radical (unpaired) electrons. The van der Waals surface area contributed by atoms with Crippen molar-refractivity contribution >= 4 is 11.9 Å². The maximum Gasteiger partial charge on any atom is 0.283 e. The molecule has 2 heterocycles. The molecule has 2 aromatic rings. The topological polar surface area (TPSA) is 85.4 Å². The minimum atomic E-state index is -0.728. The van der Waals surface area contributed by atoms with Crippen LogP contribution < -0.4 is 20.3 Å². The van der Waals surface area contributed by atoms with Crippen molar-refractivity contribution in [3.63, 3.8) is 0 Å². The summed E-state index contributed by atoms with van der Waals surface area (Å²) >= 11 is 0. The van der Waals surface area contributed by atoms with Crippen LogP contribution in [0.3, 0.4) is 0 Å². The molecule has 0 saturated carbocycles. The zero-order chi connectivity index (χ0) is 15.5. The Bertz CT molecular complexity index is 685. The van der Waals surface area contributed by atoms with Crippen molar-refractivity contribution in [2.24, 2.45) is 0 Å². The van der Waals surface area contributed by atoms with E-state index in [0.717, 1.165) is 11.4 Å². The van der Waals surface area contributed by atoms with Crippen LogP contribution in [-0.4, -0.2) is 28.6 Å². The fraction of sp³-hybridized carbons (Fsp3) is 0.267. The van der Waals surface area contributed by atoms with E-state index < -0.39 is 6.10 Å². The second-order valence-corrected chi connectivity index (χ2v) is 4.95. The van der Waals surface area contributed by atoms with Crippen molar-refractivity contribution < 1.29 is 14.3 Å². The standard InChI is InChI=1S/C15H16N4O3/c1-9-7-10(2)17-15(16-9)19-18-14(20)13-8-21-11-5-3-4-6-12(11)22-13/h3-7,13H,8H2,1-2H3,(H,18,20)(H,16,17,19)/t13-/m1/s1. The van der Waals surface area contributed by atoms with Crippen LogP contribution in [-0.2, 0) is 4.79 Å². The van der Waals surface area contributed by atoms with Gasteiger partial charge in [0.05, 0.1) is 0 Å². The summed E-state index contributed by atoms with van der Waals surface area (Å²) in [6, 6.07) is 9.08. The third kappa shape index (κ3) is 3.08. The Morgan fingerprint density at radius 1 is 1.18 bits per heavy atom. The summed E-state index contributed by atoms with van der Waals surface area (Å²) in [6.07, 6.45) is -0.728. The zero-order valence-electron chi connectivity index (χ0n) is 12.3. The number of amides is 1. The predicted molar refractivity (Wildman–Crippen MR) is 79.6 cm³/mol. The van der Waals surface area contributed by atoms with Crippen molar-refractivity contribution in [2.75, 3.05) is 12.0 Å². The van der Waals surface area contributed by atoms with Gasteiger partial charge in [-0.1, -0.05) is 12.1 Å². The molecule has 0 saturated heterocycles. The summed E-state index contributed by atoms with van der Waals surface area (Å²) in [5.74, 6) is 1.17. The molecule has 2 N–H and O–H groups in total. The van der Waals surface area contributed by atoms with E-state index in [0.29, 0.717) is 17.4 Å². The summed E-state index contributed by atoms with van der Waals surface area (Å²) in [4.78, 5) is 20.5. The molecule has 0 spiro atoms. The Hall–Kier alpha value is -2.83. The van der Waals surface area contributed by atoms with Gasteiger partial charge in [-0.25, -0.2) is 9.97 Å². The number of hydrazine groups is 1. The van der Waals surface area contributed by atoms with E-state index in [1.54, 1.807) is 12.1 Å². The molecule has 1 aliphatic rings. The number of benzene rings is 1. The summed E-state index contributed by atoms with van der Waals surface area (Å²) in [7, 11) is 0. The van der Waals surface area contributed by atoms with E-state index in [9.17, 15) is 4.79 Å². The molecule has 1 amide bonds. The van der Waals surface area contributed by atoms with Crippen LogP contribution in [0.15, 0.2) is 30.3 Å². The first-order valence-electron chi connectivity index (χ1n) is 6.88. The number of anilines is 1. The summed E-state index contributed by atoms with van der Waals surface area (Å²) in [5.41, 5.74) is 6.86. The number of fused-ring (bicyclic) bond motifs is 1. The first-order chi connectivity index (χ1) is 10.6. The highest BCUT2D eigenvalue weighted by molar-refractivity contribution is 5.82. The van der Waals surface area contributed by atoms with Gasteiger partial charge in [0.25, 0.3) is 5.91 Å². The van der Waals surface area contributed by atoms with E-state index in [1.165, 1.54) is 0 Å². The number of nitrogens with zero attached hydrogens (tertiary/aromatic N) is 2. The quantitative estimate of drug-likeness (QED) is 0.833. The van der Waals surface area contributed by atoms with Gasteiger partial charge in [-0.2, -0.15) is 0 Å². The van der Waals surface area contributed by atoms with Crippen molar-refractivity contribution in [1.29, 1.82) is 0 Å². The molecule has 1 atom stereocenters. The lowest BCUT2D eigenvalue weighted by molar-refractivity contribution is -0.129. The normalized spacial score (nSPS) is 16.0. The van der Waals surface area contributed by atoms with E-state index in [1.807, 2.05) is 32.0 Å². The second kappa shape index (κ2) is 5.88. The Balaban J connectivity index is 1.61. The minimum absolute atomic E-state index is 0.151. The van der Waals surface area contributed by atoms with Crippen molar-refractivity contribution in [1.82, 2.24) is 15.4 Å². The number of carbonyl (C=O) groups is 1. The van der Waals surface area contributed by atoms with E-state index in [2.05, 4.69) is 20.8 Å². The molecule has 7 nitrogen and oxygen atoms in total. The average molecular weight is 300 g/mol. The number of aryl methyl sites for hydroxylation is 2. The zero-order valence-corrected chi connectivity index (χ0v) is 12.3. The Kier molecular flexibility index (Phi) is 3.78. The van der Waals surface area contributed by atoms with Crippen LogP contribution in [0.2, 0.25) is 0 Å². The number of hydrogen-bond acceptors (Lipinski definition) is 6. The number of nitrogens with one attached hydrogen (secondary N) is 2. The van der Waals surface area contributed by atoms with Gasteiger partial charge in [0.15, 0.2) is 11.5 Å². The first kappa shape index (κ1) is 14.1. The van der Waals surface area contributed by atoms with Gasteiger partial charge in [0.2, 0.25) is 12.1 Å². The van der Waals surface area contributed by atoms with Gasteiger partial charge in [-0.15, -0.1) is 0 Å². The Morgan fingerprint density at radius 3 is 2.59 bits per heavy atom. The van der Waals surface area contributed by atoms with E-state index in [4.69, 9.17) is 9.47 Å². The molecule has 22 heavy (non-hydrogen) atoms. The van der Waals surface area contributed by atoms with Gasteiger partial charge in [-0.05, 0) is 32.0 Å². The number of para-hydroxylation sites is 2. The molecule has 0 aliphatic carbocycles. The largest absolute Gasteiger partial charge is 0.485 e. The Morgan fingerprint density at radius 2 is 1.86 bits per heavy atom. The number of ether oxygens (including phenoxy) is 2. The van der Waals surface area contributed by atoms with Crippen LogP contribution >= 0.6 is 0 Å². The third-order valence-corrected chi connectivity index (χ3v) is 3.08. The lowest BCUT2D eigenvalue weighted by atomic mass is 10.2. The van der Waals surface area contributed by atoms with Crippen LogP contribution in [0.1, 0.15) is 11.4 Å². The van der Waals surface area contributed by atoms with E-state index in [-0.39, 0.29) is 12.5 Å². The van der Waals surface area contributed by atoms with Crippen molar-refractivity contribution in [3.05, 3.63) is 41.7 Å². The molecule has 114 valence electrons. The van der Waals surface area contributed by atoms with Crippen LogP contribution in [0.25, 0.3) is 0 Å². The van der Waals surface area contributed by atoms with E-state index >= 15 is 0 Å². The highest BCUT2D eigenvalue weighted by atomic mass is 16.6. The molecule has 3 rings (SSSR count). The van der Waals surface area contributed by atoms with Gasteiger partial charge in [0.1, 0.15) is 6.61 Å². The summed E-state index contributed by atoms with van der Waals surface area (Å²) in [6.45, 7) is 3.87. The lowest BCUT2D eigenvalue weighted by Crippen LogP contribution is -2.46. The molecular weight excluding hydrogens is 284 g/mol. The number of carbonyl (C=O) groups excluding carboxylic acids is 1. The average Bonchev–Trinajstić information content (AvgIpc) is 2.51. The number of rotatable bonds is 3. The fourth-order valence-corrected chi connectivity index (χ4v) is 2.13. The van der Waals surface area contributed by atoms with Crippen LogP contribution in [0, 0.1) is 13.8 Å². The molecule has 0 fully saturated rings. The highest BCUT2D eigenvalue weighted by Crippen LogP contribution is 2.30. The molecule has 0 bridgehead atoms. The lowest BCUT2D eigenvalue weighted by Gasteiger charge is -2.25. The molecule has 0 unspecified atom stereocenters. The van der Waals surface area contributed by atoms with Gasteiger partial charge < -0.3 is 9.47 Å². The fourth-order valence-electron chi connectivity index (χ4n) is 2.13. The van der Waals surface area contributed by atoms with Crippen molar-refractivity contribution in [3.8, 4) is 11.5 Å². The summed E-state index contributed by atoms with van der Waals surface area (Å²) < 4.78 is 11.1. The monoisotopic (exact) mass is 300 g/mol.